The summed E-state index contributed by atoms with van der Waals surface area (Å²) in [7, 11) is 0. The zero-order valence-electron chi connectivity index (χ0n) is 29.8. The Morgan fingerprint density at radius 1 is 0.296 bits per heavy atom. The van der Waals surface area contributed by atoms with E-state index in [1.54, 1.807) is 0 Å². The maximum Gasteiger partial charge on any atom is 0.0541 e. The van der Waals surface area contributed by atoms with Crippen LogP contribution in [-0.2, 0) is 0 Å². The lowest BCUT2D eigenvalue weighted by atomic mass is 9.90. The molecule has 0 fully saturated rings. The summed E-state index contributed by atoms with van der Waals surface area (Å²) in [5.41, 5.74) is 15.1. The molecule has 0 saturated carbocycles. The van der Waals surface area contributed by atoms with Crippen LogP contribution in [0.5, 0.6) is 0 Å². The molecule has 0 radical (unpaired) electrons. The van der Waals surface area contributed by atoms with Gasteiger partial charge in [-0.25, -0.2) is 0 Å². The number of rotatable bonds is 5. The maximum atomic E-state index is 2.42. The average molecular weight is 689 g/mol. The highest BCUT2D eigenvalue weighted by molar-refractivity contribution is 6.13. The summed E-state index contributed by atoms with van der Waals surface area (Å²) < 4.78 is 4.83. The second kappa shape index (κ2) is 12.4. The van der Waals surface area contributed by atoms with E-state index in [0.717, 1.165) is 12.8 Å². The molecule has 11 rings (SSSR count). The van der Waals surface area contributed by atoms with Crippen LogP contribution in [0.2, 0.25) is 0 Å². The van der Waals surface area contributed by atoms with E-state index in [-0.39, 0.29) is 0 Å². The Hall–Kier alpha value is -6.90. The molecule has 1 aliphatic carbocycles. The Morgan fingerprint density at radius 2 is 0.759 bits per heavy atom. The molecule has 0 spiro atoms. The monoisotopic (exact) mass is 688 g/mol. The Bertz CT molecular complexity index is 3130. The number of hydrogen-bond donors (Lipinski definition) is 0. The van der Waals surface area contributed by atoms with Crippen molar-refractivity contribution < 1.29 is 0 Å². The van der Waals surface area contributed by atoms with Crippen LogP contribution in [0.25, 0.3) is 88.0 Å². The van der Waals surface area contributed by atoms with E-state index in [0.29, 0.717) is 0 Å². The van der Waals surface area contributed by atoms with Gasteiger partial charge < -0.3 is 9.13 Å². The Morgan fingerprint density at radius 3 is 1.37 bits per heavy atom. The van der Waals surface area contributed by atoms with Gasteiger partial charge in [0.05, 0.1) is 22.1 Å². The molecule has 0 saturated heterocycles. The van der Waals surface area contributed by atoms with Crippen molar-refractivity contribution in [3.8, 4) is 22.5 Å². The predicted octanol–water partition coefficient (Wildman–Crippen LogP) is 14.0. The molecule has 2 aromatic heterocycles. The fourth-order valence-electron chi connectivity index (χ4n) is 8.77. The van der Waals surface area contributed by atoms with Gasteiger partial charge in [0.15, 0.2) is 0 Å². The second-order valence-corrected chi connectivity index (χ2v) is 14.5. The quantitative estimate of drug-likeness (QED) is 0.170. The first-order chi connectivity index (χ1) is 26.8. The van der Waals surface area contributed by atoms with Crippen molar-refractivity contribution in [2.75, 3.05) is 0 Å². The SMILES string of the molecule is C1=C(c2ccccc2)CCC(c2ccc(-n3c4ccccc4c4cc(-c5ccc6c(c5)c5ccccc5n6-c5ccc6ccccc6c5)ccc43)cc2)=C1. The van der Waals surface area contributed by atoms with Crippen molar-refractivity contribution in [1.82, 2.24) is 9.13 Å². The molecule has 0 bridgehead atoms. The van der Waals surface area contributed by atoms with Gasteiger partial charge in [0.25, 0.3) is 0 Å². The Labute approximate surface area is 314 Å². The number of hydrogen-bond acceptors (Lipinski definition) is 0. The third-order valence-corrected chi connectivity index (χ3v) is 11.5. The molecule has 2 heterocycles. The van der Waals surface area contributed by atoms with Crippen LogP contribution in [0.15, 0.2) is 194 Å². The van der Waals surface area contributed by atoms with E-state index in [4.69, 9.17) is 0 Å². The topological polar surface area (TPSA) is 9.86 Å². The molecule has 8 aromatic carbocycles. The number of benzene rings is 8. The number of fused-ring (bicyclic) bond motifs is 7. The molecule has 0 amide bonds. The summed E-state index contributed by atoms with van der Waals surface area (Å²) in [5, 5.41) is 7.56. The van der Waals surface area contributed by atoms with Crippen molar-refractivity contribution in [3.63, 3.8) is 0 Å². The first kappa shape index (κ1) is 30.7. The lowest BCUT2D eigenvalue weighted by Gasteiger charge is -2.16. The summed E-state index contributed by atoms with van der Waals surface area (Å²) in [6, 6.07) is 66.8. The molecule has 0 atom stereocenters. The molecular formula is C52H36N2. The van der Waals surface area contributed by atoms with Crippen molar-refractivity contribution >= 4 is 65.5 Å². The third kappa shape index (κ3) is 4.95. The summed E-state index contributed by atoms with van der Waals surface area (Å²) in [4.78, 5) is 0. The van der Waals surface area contributed by atoms with Gasteiger partial charge in [0, 0.05) is 32.9 Å². The van der Waals surface area contributed by atoms with E-state index in [9.17, 15) is 0 Å². The third-order valence-electron chi connectivity index (χ3n) is 11.5. The lowest BCUT2D eigenvalue weighted by Crippen LogP contribution is -1.96. The highest BCUT2D eigenvalue weighted by Gasteiger charge is 2.17. The van der Waals surface area contributed by atoms with Crippen LogP contribution < -0.4 is 0 Å². The van der Waals surface area contributed by atoms with Crippen LogP contribution in [0.3, 0.4) is 0 Å². The summed E-state index contributed by atoms with van der Waals surface area (Å²) in [6.45, 7) is 0. The molecule has 1 aliphatic rings. The number of allylic oxidation sites excluding steroid dienone is 4. The lowest BCUT2D eigenvalue weighted by molar-refractivity contribution is 1.07. The molecule has 2 heteroatoms. The molecule has 0 unspecified atom stereocenters. The molecule has 254 valence electrons. The van der Waals surface area contributed by atoms with Crippen LogP contribution in [-0.4, -0.2) is 9.13 Å². The molecule has 0 aliphatic heterocycles. The number of para-hydroxylation sites is 2. The fourth-order valence-corrected chi connectivity index (χ4v) is 8.77. The largest absolute Gasteiger partial charge is 0.309 e. The average Bonchev–Trinajstić information content (AvgIpc) is 3.76. The minimum atomic E-state index is 1.05. The Kier molecular flexibility index (Phi) is 7.03. The molecule has 10 aromatic rings. The van der Waals surface area contributed by atoms with Crippen molar-refractivity contribution in [1.29, 1.82) is 0 Å². The van der Waals surface area contributed by atoms with E-state index < -0.39 is 0 Å². The zero-order chi connectivity index (χ0) is 35.6. The predicted molar refractivity (Wildman–Crippen MR) is 230 cm³/mol. The minimum absolute atomic E-state index is 1.05. The zero-order valence-corrected chi connectivity index (χ0v) is 29.8. The first-order valence-corrected chi connectivity index (χ1v) is 18.9. The van der Waals surface area contributed by atoms with Gasteiger partial charge >= 0.3 is 0 Å². The van der Waals surface area contributed by atoms with Gasteiger partial charge in [-0.1, -0.05) is 133 Å². The summed E-state index contributed by atoms with van der Waals surface area (Å²) in [5.74, 6) is 0. The molecule has 54 heavy (non-hydrogen) atoms. The Balaban J connectivity index is 0.985. The summed E-state index contributed by atoms with van der Waals surface area (Å²) >= 11 is 0. The van der Waals surface area contributed by atoms with Gasteiger partial charge in [-0.2, -0.15) is 0 Å². The van der Waals surface area contributed by atoms with Crippen LogP contribution in [0, 0.1) is 0 Å². The van der Waals surface area contributed by atoms with Crippen LogP contribution >= 0.6 is 0 Å². The van der Waals surface area contributed by atoms with E-state index in [1.807, 2.05) is 0 Å². The highest BCUT2D eigenvalue weighted by atomic mass is 15.0. The fraction of sp³-hybridized carbons (Fsp3) is 0.0385. The molecule has 0 N–H and O–H groups in total. The van der Waals surface area contributed by atoms with Crippen molar-refractivity contribution in [2.24, 2.45) is 0 Å². The van der Waals surface area contributed by atoms with Gasteiger partial charge in [0.1, 0.15) is 0 Å². The van der Waals surface area contributed by atoms with E-state index >= 15 is 0 Å². The molecule has 2 nitrogen and oxygen atoms in total. The van der Waals surface area contributed by atoms with Crippen molar-refractivity contribution in [2.45, 2.75) is 12.8 Å². The molecular weight excluding hydrogens is 653 g/mol. The number of aromatic nitrogens is 2. The maximum absolute atomic E-state index is 2.42. The number of nitrogens with zero attached hydrogens (tertiary/aromatic N) is 2. The minimum Gasteiger partial charge on any atom is -0.309 e. The van der Waals surface area contributed by atoms with Gasteiger partial charge in [0.2, 0.25) is 0 Å². The van der Waals surface area contributed by atoms with Gasteiger partial charge in [-0.05, 0) is 118 Å². The van der Waals surface area contributed by atoms with Crippen molar-refractivity contribution in [3.05, 3.63) is 205 Å². The van der Waals surface area contributed by atoms with Crippen LogP contribution in [0.4, 0.5) is 0 Å². The van der Waals surface area contributed by atoms with Crippen LogP contribution in [0.1, 0.15) is 24.0 Å². The van der Waals surface area contributed by atoms with E-state index in [2.05, 4.69) is 203 Å². The first-order valence-electron chi connectivity index (χ1n) is 18.9. The highest BCUT2D eigenvalue weighted by Crippen LogP contribution is 2.39. The smallest absolute Gasteiger partial charge is 0.0541 e. The standard InChI is InChI=1S/C52H36N2/c1-2-10-35(11-3-1)37-18-20-38(21-19-37)39-22-27-43(28-23-39)53-49-16-8-6-14-45(49)47-33-41(25-30-51(47)53)42-26-31-52-48(34-42)46-15-7-9-17-50(46)54(52)44-29-24-36-12-4-5-13-40(36)32-44/h1-18,20,22-34H,19,21H2. The second-order valence-electron chi connectivity index (χ2n) is 14.5. The van der Waals surface area contributed by atoms with Gasteiger partial charge in [-0.3, -0.25) is 0 Å². The normalized spacial score (nSPS) is 13.3. The van der Waals surface area contributed by atoms with E-state index in [1.165, 1.54) is 99.2 Å². The van der Waals surface area contributed by atoms with Gasteiger partial charge in [-0.15, -0.1) is 0 Å². The summed E-state index contributed by atoms with van der Waals surface area (Å²) in [6.07, 6.45) is 6.72.